The number of carbonyl (C=O) groups is 1. The number of amides is 1. The van der Waals surface area contributed by atoms with Crippen LogP contribution in [-0.4, -0.2) is 47.7 Å². The van der Waals surface area contributed by atoms with Gasteiger partial charge < -0.3 is 15.4 Å². The Morgan fingerprint density at radius 3 is 2.83 bits per heavy atom. The number of hydrogen-bond donors (Lipinski definition) is 4. The predicted octanol–water partition coefficient (Wildman–Crippen LogP) is 1.39. The van der Waals surface area contributed by atoms with Gasteiger partial charge in [0.2, 0.25) is 5.88 Å². The van der Waals surface area contributed by atoms with E-state index in [9.17, 15) is 14.7 Å². The number of imidazole rings is 1. The molecule has 0 unspecified atom stereocenters. The summed E-state index contributed by atoms with van der Waals surface area (Å²) in [4.78, 5) is 40.4. The first-order valence-corrected chi connectivity index (χ1v) is 12.7. The van der Waals surface area contributed by atoms with Gasteiger partial charge in [-0.1, -0.05) is 12.8 Å². The third kappa shape index (κ3) is 4.63. The van der Waals surface area contributed by atoms with Crippen molar-refractivity contribution in [3.63, 3.8) is 0 Å². The van der Waals surface area contributed by atoms with Crippen LogP contribution in [0.2, 0.25) is 0 Å². The van der Waals surface area contributed by atoms with Crippen LogP contribution >= 0.6 is 11.3 Å². The number of aromatic hydroxyl groups is 1. The topological polar surface area (TPSA) is 141 Å². The maximum atomic E-state index is 12.6. The zero-order valence-corrected chi connectivity index (χ0v) is 19.8. The van der Waals surface area contributed by atoms with Crippen molar-refractivity contribution in [3.05, 3.63) is 66.7 Å². The average Bonchev–Trinajstić information content (AvgIpc) is 3.22. The number of aromatic nitrogens is 5. The fourth-order valence-electron chi connectivity index (χ4n) is 4.44. The summed E-state index contributed by atoms with van der Waals surface area (Å²) in [5.41, 5.74) is 1.87. The molecule has 0 aromatic carbocycles. The Bertz CT molecular complexity index is 1580. The summed E-state index contributed by atoms with van der Waals surface area (Å²) >= 11 is 1.48. The van der Waals surface area contributed by atoms with E-state index in [1.807, 2.05) is 18.2 Å². The molecule has 11 heteroatoms. The summed E-state index contributed by atoms with van der Waals surface area (Å²) in [5, 5.41) is 18.2. The lowest BCUT2D eigenvalue weighted by molar-refractivity contribution is 0.0942. The van der Waals surface area contributed by atoms with Crippen molar-refractivity contribution in [1.29, 1.82) is 0 Å². The third-order valence-electron chi connectivity index (χ3n) is 6.36. The van der Waals surface area contributed by atoms with Gasteiger partial charge in [-0.05, 0) is 43.9 Å². The van der Waals surface area contributed by atoms with Gasteiger partial charge in [0.05, 0.1) is 22.8 Å². The van der Waals surface area contributed by atoms with Crippen molar-refractivity contribution in [1.82, 2.24) is 29.9 Å². The maximum Gasteiger partial charge on any atom is 0.326 e. The fourth-order valence-corrected chi connectivity index (χ4v) is 5.36. The van der Waals surface area contributed by atoms with Crippen LogP contribution in [0.5, 0.6) is 5.88 Å². The zero-order chi connectivity index (χ0) is 23.9. The fraction of sp³-hybridized carbons (Fsp3) is 0.375. The lowest BCUT2D eigenvalue weighted by atomic mass is 10.2. The highest BCUT2D eigenvalue weighted by Crippen LogP contribution is 2.23. The lowest BCUT2D eigenvalue weighted by Gasteiger charge is -2.10. The van der Waals surface area contributed by atoms with Gasteiger partial charge in [-0.3, -0.25) is 14.8 Å². The van der Waals surface area contributed by atoms with E-state index in [2.05, 4.69) is 20.4 Å². The minimum Gasteiger partial charge on any atom is -0.493 e. The second kappa shape index (κ2) is 8.81. The number of carbonyl (C=O) groups excluding carboxylic acids is 1. The van der Waals surface area contributed by atoms with Crippen molar-refractivity contribution in [3.8, 4) is 5.88 Å². The van der Waals surface area contributed by atoms with Crippen molar-refractivity contribution < 1.29 is 9.90 Å². The highest BCUT2D eigenvalue weighted by atomic mass is 32.1. The second-order valence-electron chi connectivity index (χ2n) is 9.18. The highest BCUT2D eigenvalue weighted by Gasteiger charge is 2.21. The predicted molar refractivity (Wildman–Crippen MR) is 130 cm³/mol. The molecular formula is C24H25N7O3S. The monoisotopic (exact) mass is 491 g/mol. The molecule has 2 saturated carbocycles. The van der Waals surface area contributed by atoms with Gasteiger partial charge in [-0.15, -0.1) is 11.3 Å². The molecule has 2 aliphatic carbocycles. The summed E-state index contributed by atoms with van der Waals surface area (Å²) < 4.78 is 1.68. The number of thiophene rings is 1. The number of rotatable bonds is 6. The molecule has 1 amide bonds. The quantitative estimate of drug-likeness (QED) is 0.323. The third-order valence-corrected chi connectivity index (χ3v) is 7.45. The molecule has 4 aromatic rings. The SMILES string of the molecule is O=C(NC1CCCC1)c1ccc(Cc2cc(=NC3CC3)n3ncc(=Cc4[nH]c(=O)[nH]c4O)c3n2)s1. The Morgan fingerprint density at radius 1 is 1.26 bits per heavy atom. The van der Waals surface area contributed by atoms with Crippen molar-refractivity contribution >= 4 is 29.0 Å². The van der Waals surface area contributed by atoms with E-state index in [1.54, 1.807) is 16.8 Å². The van der Waals surface area contributed by atoms with Crippen LogP contribution in [0.25, 0.3) is 11.7 Å². The summed E-state index contributed by atoms with van der Waals surface area (Å²) in [6.45, 7) is 0. The first-order chi connectivity index (χ1) is 17.0. The first kappa shape index (κ1) is 21.8. The molecule has 4 N–H and O–H groups in total. The highest BCUT2D eigenvalue weighted by molar-refractivity contribution is 7.14. The standard InChI is InChI=1S/C24H25N7O3S/c32-22-18(29-24(34)30-22)9-13-12-25-31-20(26-15-5-6-15)11-16(27-21(13)31)10-17-7-8-19(35-17)23(33)28-14-3-1-2-4-14/h7-9,11-12,14-15,32H,1-6,10H2,(H,28,33)(H2,29,30,34). The van der Waals surface area contributed by atoms with Gasteiger partial charge >= 0.3 is 5.69 Å². The molecular weight excluding hydrogens is 466 g/mol. The Morgan fingerprint density at radius 2 is 2.09 bits per heavy atom. The number of aromatic amines is 2. The number of H-pyrrole nitrogens is 2. The summed E-state index contributed by atoms with van der Waals surface area (Å²) in [5.74, 6) is -0.246. The molecule has 0 atom stereocenters. The van der Waals surface area contributed by atoms with E-state index < -0.39 is 5.69 Å². The van der Waals surface area contributed by atoms with Crippen molar-refractivity contribution in [2.75, 3.05) is 0 Å². The van der Waals surface area contributed by atoms with E-state index in [0.29, 0.717) is 28.2 Å². The molecule has 10 nitrogen and oxygen atoms in total. The van der Waals surface area contributed by atoms with Crippen LogP contribution in [0.3, 0.4) is 0 Å². The van der Waals surface area contributed by atoms with Gasteiger partial charge in [-0.2, -0.15) is 9.61 Å². The second-order valence-corrected chi connectivity index (χ2v) is 10.4. The van der Waals surface area contributed by atoms with Crippen LogP contribution in [0.4, 0.5) is 0 Å². The Labute approximate surface area is 203 Å². The number of fused-ring (bicyclic) bond motifs is 1. The number of hydrogen-bond acceptors (Lipinski definition) is 7. The van der Waals surface area contributed by atoms with E-state index in [-0.39, 0.29) is 23.5 Å². The molecule has 2 fully saturated rings. The van der Waals surface area contributed by atoms with E-state index >= 15 is 0 Å². The van der Waals surface area contributed by atoms with Gasteiger partial charge in [0.1, 0.15) is 5.69 Å². The smallest absolute Gasteiger partial charge is 0.326 e. The molecule has 2 aliphatic rings. The molecule has 0 radical (unpaired) electrons. The summed E-state index contributed by atoms with van der Waals surface area (Å²) in [6.07, 6.45) is 10.4. The Balaban J connectivity index is 1.34. The first-order valence-electron chi connectivity index (χ1n) is 11.9. The minimum absolute atomic E-state index is 0.00559. The lowest BCUT2D eigenvalue weighted by Crippen LogP contribution is -2.31. The van der Waals surface area contributed by atoms with Gasteiger partial charge in [0.25, 0.3) is 5.91 Å². The van der Waals surface area contributed by atoms with E-state index in [4.69, 9.17) is 9.98 Å². The minimum atomic E-state index is -0.492. The summed E-state index contributed by atoms with van der Waals surface area (Å²) in [6, 6.07) is 6.37. The molecule has 35 heavy (non-hydrogen) atoms. The van der Waals surface area contributed by atoms with Crippen LogP contribution in [0.15, 0.2) is 34.2 Å². The molecule has 0 bridgehead atoms. The molecule has 0 spiro atoms. The van der Waals surface area contributed by atoms with Crippen LogP contribution < -0.4 is 21.7 Å². The van der Waals surface area contributed by atoms with E-state index in [0.717, 1.165) is 41.7 Å². The zero-order valence-electron chi connectivity index (χ0n) is 19.0. The van der Waals surface area contributed by atoms with E-state index in [1.165, 1.54) is 24.2 Å². The average molecular weight is 492 g/mol. The molecule has 6 rings (SSSR count). The van der Waals surface area contributed by atoms with Crippen molar-refractivity contribution in [2.24, 2.45) is 4.99 Å². The van der Waals surface area contributed by atoms with Crippen molar-refractivity contribution in [2.45, 2.75) is 57.0 Å². The Hall–Kier alpha value is -3.73. The molecule has 180 valence electrons. The number of nitrogens with zero attached hydrogens (tertiary/aromatic N) is 4. The van der Waals surface area contributed by atoms with Gasteiger partial charge in [0, 0.05) is 28.6 Å². The van der Waals surface area contributed by atoms with Gasteiger partial charge in [-0.25, -0.2) is 9.78 Å². The van der Waals surface area contributed by atoms with Gasteiger partial charge in [0.15, 0.2) is 11.1 Å². The maximum absolute atomic E-state index is 12.6. The molecule has 0 saturated heterocycles. The molecule has 4 heterocycles. The van der Waals surface area contributed by atoms with Crippen LogP contribution in [-0.2, 0) is 6.42 Å². The van der Waals surface area contributed by atoms with Crippen LogP contribution in [0, 0.1) is 0 Å². The Kier molecular flexibility index (Phi) is 5.48. The number of nitrogens with one attached hydrogen (secondary N) is 3. The van der Waals surface area contributed by atoms with Crippen LogP contribution in [0.1, 0.15) is 64.5 Å². The normalized spacial score (nSPS) is 17.6. The molecule has 0 aliphatic heterocycles. The largest absolute Gasteiger partial charge is 0.493 e. The molecule has 4 aromatic heterocycles. The summed E-state index contributed by atoms with van der Waals surface area (Å²) in [7, 11) is 0.